The molecule has 0 spiro atoms. The van der Waals surface area contributed by atoms with E-state index in [9.17, 15) is 0 Å². The highest BCUT2D eigenvalue weighted by Gasteiger charge is 2.29. The molecule has 1 aliphatic rings. The molecule has 1 N–H and O–H groups in total. The lowest BCUT2D eigenvalue weighted by Crippen LogP contribution is -2.54. The number of likely N-dealkylation sites (tertiary alicyclic amines) is 1. The van der Waals surface area contributed by atoms with Crippen molar-refractivity contribution in [2.75, 3.05) is 27.3 Å². The van der Waals surface area contributed by atoms with Crippen LogP contribution in [0.15, 0.2) is 0 Å². The molecule has 0 bridgehead atoms. The minimum absolute atomic E-state index is 0.538. The molecule has 0 aromatic rings. The van der Waals surface area contributed by atoms with Crippen molar-refractivity contribution in [2.45, 2.75) is 51.2 Å². The Morgan fingerprint density at radius 3 is 2.73 bits per heavy atom. The number of hydrogen-bond donors (Lipinski definition) is 1. The van der Waals surface area contributed by atoms with E-state index in [4.69, 9.17) is 4.74 Å². The predicted octanol–water partition coefficient (Wildman–Crippen LogP) is 1.48. The van der Waals surface area contributed by atoms with Gasteiger partial charge in [-0.25, -0.2) is 0 Å². The Balaban J connectivity index is 2.56. The zero-order chi connectivity index (χ0) is 11.3. The van der Waals surface area contributed by atoms with E-state index in [0.29, 0.717) is 18.1 Å². The first kappa shape index (κ1) is 12.9. The van der Waals surface area contributed by atoms with Gasteiger partial charge in [0.1, 0.15) is 0 Å². The van der Waals surface area contributed by atoms with Gasteiger partial charge in [0.15, 0.2) is 0 Å². The average Bonchev–Trinajstić information content (AvgIpc) is 2.28. The Labute approximate surface area is 94.2 Å². The van der Waals surface area contributed by atoms with E-state index in [1.165, 1.54) is 25.8 Å². The van der Waals surface area contributed by atoms with E-state index in [0.717, 1.165) is 6.61 Å². The quantitative estimate of drug-likeness (QED) is 0.750. The van der Waals surface area contributed by atoms with Gasteiger partial charge < -0.3 is 10.1 Å². The number of likely N-dealkylation sites (N-methyl/N-ethyl adjacent to an activating group) is 1. The number of piperidine rings is 1. The summed E-state index contributed by atoms with van der Waals surface area (Å²) in [4.78, 5) is 2.61. The minimum atomic E-state index is 0.538. The number of rotatable bonds is 5. The lowest BCUT2D eigenvalue weighted by atomic mass is 9.95. The highest BCUT2D eigenvalue weighted by molar-refractivity contribution is 4.87. The molecule has 0 amide bonds. The Kier molecular flexibility index (Phi) is 5.58. The maximum Gasteiger partial charge on any atom is 0.0615 e. The van der Waals surface area contributed by atoms with E-state index in [1.54, 1.807) is 7.11 Å². The molecule has 0 saturated carbocycles. The van der Waals surface area contributed by atoms with E-state index >= 15 is 0 Å². The summed E-state index contributed by atoms with van der Waals surface area (Å²) >= 11 is 0. The van der Waals surface area contributed by atoms with Crippen LogP contribution >= 0.6 is 0 Å². The van der Waals surface area contributed by atoms with Crippen LogP contribution in [0.1, 0.15) is 33.1 Å². The van der Waals surface area contributed by atoms with Gasteiger partial charge in [-0.1, -0.05) is 6.42 Å². The highest BCUT2D eigenvalue weighted by atomic mass is 16.5. The molecule has 1 rings (SSSR count). The Morgan fingerprint density at radius 2 is 2.13 bits per heavy atom. The van der Waals surface area contributed by atoms with Crippen LogP contribution in [0.25, 0.3) is 0 Å². The van der Waals surface area contributed by atoms with Crippen LogP contribution in [0.2, 0.25) is 0 Å². The molecule has 0 radical (unpaired) electrons. The lowest BCUT2D eigenvalue weighted by Gasteiger charge is -2.42. The molecule has 0 aliphatic carbocycles. The van der Waals surface area contributed by atoms with Crippen LogP contribution in [0.4, 0.5) is 0 Å². The number of nitrogens with zero attached hydrogens (tertiary/aromatic N) is 1. The van der Waals surface area contributed by atoms with Gasteiger partial charge in [0.25, 0.3) is 0 Å². The number of methoxy groups -OCH3 is 1. The first-order valence-electron chi connectivity index (χ1n) is 6.12. The first-order valence-corrected chi connectivity index (χ1v) is 6.12. The van der Waals surface area contributed by atoms with Gasteiger partial charge in [0, 0.05) is 25.2 Å². The predicted molar refractivity (Wildman–Crippen MR) is 64.2 cm³/mol. The summed E-state index contributed by atoms with van der Waals surface area (Å²) in [6.07, 6.45) is 4.02. The molecule has 1 saturated heterocycles. The van der Waals surface area contributed by atoms with Gasteiger partial charge in [-0.05, 0) is 40.3 Å². The maximum atomic E-state index is 5.26. The second-order valence-corrected chi connectivity index (χ2v) is 4.68. The SMILES string of the molecule is CNC(C)C1CCCCN1C(C)COC. The molecule has 3 nitrogen and oxygen atoms in total. The highest BCUT2D eigenvalue weighted by Crippen LogP contribution is 2.22. The molecule has 3 atom stereocenters. The van der Waals surface area contributed by atoms with Crippen molar-refractivity contribution in [3.05, 3.63) is 0 Å². The molecule has 3 unspecified atom stereocenters. The fourth-order valence-electron chi connectivity index (χ4n) is 2.59. The van der Waals surface area contributed by atoms with Crippen LogP contribution in [-0.4, -0.2) is 50.3 Å². The third-order valence-corrected chi connectivity index (χ3v) is 3.60. The Hall–Kier alpha value is -0.120. The topological polar surface area (TPSA) is 24.5 Å². The summed E-state index contributed by atoms with van der Waals surface area (Å²) in [6, 6.07) is 1.79. The summed E-state index contributed by atoms with van der Waals surface area (Å²) in [5, 5.41) is 3.38. The smallest absolute Gasteiger partial charge is 0.0615 e. The molecular weight excluding hydrogens is 188 g/mol. The zero-order valence-corrected chi connectivity index (χ0v) is 10.6. The summed E-state index contributed by atoms with van der Waals surface area (Å²) in [5.41, 5.74) is 0. The third kappa shape index (κ3) is 3.44. The second-order valence-electron chi connectivity index (χ2n) is 4.68. The maximum absolute atomic E-state index is 5.26. The van der Waals surface area contributed by atoms with Crippen LogP contribution in [0, 0.1) is 0 Å². The fraction of sp³-hybridized carbons (Fsp3) is 1.00. The molecule has 1 heterocycles. The van der Waals surface area contributed by atoms with Crippen molar-refractivity contribution in [3.8, 4) is 0 Å². The normalized spacial score (nSPS) is 27.6. The van der Waals surface area contributed by atoms with Crippen LogP contribution in [0.3, 0.4) is 0 Å². The average molecular weight is 214 g/mol. The summed E-state index contributed by atoms with van der Waals surface area (Å²) in [6.45, 7) is 6.61. The molecule has 1 aliphatic heterocycles. The second kappa shape index (κ2) is 6.46. The van der Waals surface area contributed by atoms with E-state index < -0.39 is 0 Å². The Bertz CT molecular complexity index is 175. The zero-order valence-electron chi connectivity index (χ0n) is 10.6. The van der Waals surface area contributed by atoms with Gasteiger partial charge >= 0.3 is 0 Å². The van der Waals surface area contributed by atoms with Crippen LogP contribution in [0.5, 0.6) is 0 Å². The minimum Gasteiger partial charge on any atom is -0.383 e. The molecule has 90 valence electrons. The monoisotopic (exact) mass is 214 g/mol. The van der Waals surface area contributed by atoms with Crippen molar-refractivity contribution in [3.63, 3.8) is 0 Å². The largest absolute Gasteiger partial charge is 0.383 e. The molecule has 15 heavy (non-hydrogen) atoms. The van der Waals surface area contributed by atoms with Gasteiger partial charge in [0.05, 0.1) is 6.61 Å². The summed E-state index contributed by atoms with van der Waals surface area (Å²) < 4.78 is 5.26. The van der Waals surface area contributed by atoms with Gasteiger partial charge in [-0.2, -0.15) is 0 Å². The lowest BCUT2D eigenvalue weighted by molar-refractivity contribution is 0.0370. The van der Waals surface area contributed by atoms with E-state index in [2.05, 4.69) is 31.1 Å². The van der Waals surface area contributed by atoms with Crippen molar-refractivity contribution < 1.29 is 4.74 Å². The van der Waals surface area contributed by atoms with Crippen molar-refractivity contribution >= 4 is 0 Å². The van der Waals surface area contributed by atoms with Crippen molar-refractivity contribution in [1.82, 2.24) is 10.2 Å². The molecule has 1 fully saturated rings. The number of hydrogen-bond acceptors (Lipinski definition) is 3. The summed E-state index contributed by atoms with van der Waals surface area (Å²) in [5.74, 6) is 0. The molecular formula is C12H26N2O. The standard InChI is InChI=1S/C12H26N2O/c1-10(9-15-4)14-8-6-5-7-12(14)11(2)13-3/h10-13H,5-9H2,1-4H3. The van der Waals surface area contributed by atoms with Crippen LogP contribution < -0.4 is 5.32 Å². The molecule has 0 aromatic carbocycles. The van der Waals surface area contributed by atoms with Crippen LogP contribution in [-0.2, 0) is 4.74 Å². The molecule has 3 heteroatoms. The van der Waals surface area contributed by atoms with Crippen molar-refractivity contribution in [1.29, 1.82) is 0 Å². The summed E-state index contributed by atoms with van der Waals surface area (Å²) in [7, 11) is 3.84. The van der Waals surface area contributed by atoms with E-state index in [1.807, 2.05) is 0 Å². The van der Waals surface area contributed by atoms with Gasteiger partial charge in [-0.3, -0.25) is 4.90 Å². The van der Waals surface area contributed by atoms with Crippen molar-refractivity contribution in [2.24, 2.45) is 0 Å². The number of nitrogens with one attached hydrogen (secondary N) is 1. The first-order chi connectivity index (χ1) is 7.20. The number of ether oxygens (including phenoxy) is 1. The van der Waals surface area contributed by atoms with Gasteiger partial charge in [0.2, 0.25) is 0 Å². The third-order valence-electron chi connectivity index (χ3n) is 3.60. The Morgan fingerprint density at radius 1 is 1.40 bits per heavy atom. The fourth-order valence-corrected chi connectivity index (χ4v) is 2.59. The molecule has 0 aromatic heterocycles. The van der Waals surface area contributed by atoms with Gasteiger partial charge in [-0.15, -0.1) is 0 Å². The van der Waals surface area contributed by atoms with E-state index in [-0.39, 0.29) is 0 Å².